The van der Waals surface area contributed by atoms with Crippen molar-refractivity contribution in [1.29, 1.82) is 0 Å². The number of anilines is 1. The minimum absolute atomic E-state index is 0.261. The highest BCUT2D eigenvalue weighted by Crippen LogP contribution is 2.38. The Balaban J connectivity index is 1.79. The third-order valence-electron chi connectivity index (χ3n) is 6.05. The Labute approximate surface area is 189 Å². The Morgan fingerprint density at radius 3 is 2.45 bits per heavy atom. The second-order valence-electron chi connectivity index (χ2n) is 7.77. The molecule has 0 bridgehead atoms. The number of ether oxygens (including phenoxy) is 3. The molecular weight excluding hydrogens is 416 g/mol. The molecule has 1 heterocycles. The van der Waals surface area contributed by atoms with Gasteiger partial charge in [-0.2, -0.15) is 0 Å². The molecular formula is C24H31ClN2O4. The zero-order chi connectivity index (χ0) is 22.4. The Morgan fingerprint density at radius 1 is 1.03 bits per heavy atom. The Hall–Kier alpha value is -2.44. The van der Waals surface area contributed by atoms with E-state index in [1.165, 1.54) is 12.0 Å². The number of likely N-dealkylation sites (tertiary alicyclic amines) is 1. The molecule has 1 aliphatic heterocycles. The minimum atomic E-state index is 0.261. The van der Waals surface area contributed by atoms with Crippen molar-refractivity contribution < 1.29 is 19.0 Å². The fourth-order valence-corrected chi connectivity index (χ4v) is 4.53. The molecule has 1 saturated heterocycles. The van der Waals surface area contributed by atoms with Gasteiger partial charge in [0, 0.05) is 36.9 Å². The standard InChI is InChI=1S/C24H31ClN2O4/c1-17-6-5-7-21(18-8-11-22(29-2)24(14-18)31-4)27(17)13-12-26(16-28)19-9-10-20(25)23(15-19)30-3/h8-11,14-17,21H,5-7,12-13H2,1-4H3/t17?,21-/m1/s1. The van der Waals surface area contributed by atoms with E-state index in [0.717, 1.165) is 43.0 Å². The van der Waals surface area contributed by atoms with Crippen LogP contribution in [-0.2, 0) is 4.79 Å². The highest BCUT2D eigenvalue weighted by molar-refractivity contribution is 6.32. The summed E-state index contributed by atoms with van der Waals surface area (Å²) in [5, 5.41) is 0.523. The molecule has 3 rings (SSSR count). The second kappa shape index (κ2) is 10.7. The third kappa shape index (κ3) is 5.25. The molecule has 1 aliphatic rings. The van der Waals surface area contributed by atoms with Crippen LogP contribution in [0.25, 0.3) is 0 Å². The van der Waals surface area contributed by atoms with E-state index in [1.807, 2.05) is 12.1 Å². The van der Waals surface area contributed by atoms with Gasteiger partial charge in [-0.05, 0) is 49.6 Å². The van der Waals surface area contributed by atoms with E-state index < -0.39 is 0 Å². The van der Waals surface area contributed by atoms with Gasteiger partial charge in [-0.15, -0.1) is 0 Å². The topological polar surface area (TPSA) is 51.2 Å². The Bertz CT molecular complexity index is 892. The van der Waals surface area contributed by atoms with Crippen LogP contribution in [-0.4, -0.2) is 51.8 Å². The summed E-state index contributed by atoms with van der Waals surface area (Å²) >= 11 is 6.14. The molecule has 0 radical (unpaired) electrons. The van der Waals surface area contributed by atoms with Crippen LogP contribution in [0.5, 0.6) is 17.2 Å². The monoisotopic (exact) mass is 446 g/mol. The zero-order valence-electron chi connectivity index (χ0n) is 18.6. The second-order valence-corrected chi connectivity index (χ2v) is 8.17. The maximum atomic E-state index is 11.9. The molecule has 0 saturated carbocycles. The van der Waals surface area contributed by atoms with Crippen LogP contribution in [0.15, 0.2) is 36.4 Å². The Morgan fingerprint density at radius 2 is 1.77 bits per heavy atom. The van der Waals surface area contributed by atoms with Gasteiger partial charge >= 0.3 is 0 Å². The van der Waals surface area contributed by atoms with E-state index >= 15 is 0 Å². The van der Waals surface area contributed by atoms with E-state index in [1.54, 1.807) is 38.4 Å². The molecule has 1 amide bonds. The van der Waals surface area contributed by atoms with Gasteiger partial charge in [0.2, 0.25) is 6.41 Å². The lowest BCUT2D eigenvalue weighted by Crippen LogP contribution is -2.44. The molecule has 168 valence electrons. The molecule has 0 aromatic heterocycles. The fraction of sp³-hybridized carbons (Fsp3) is 0.458. The predicted octanol–water partition coefficient (Wildman–Crippen LogP) is 4.94. The smallest absolute Gasteiger partial charge is 0.214 e. The summed E-state index contributed by atoms with van der Waals surface area (Å²) in [7, 11) is 4.87. The lowest BCUT2D eigenvalue weighted by atomic mass is 9.91. The number of methoxy groups -OCH3 is 3. The van der Waals surface area contributed by atoms with Crippen LogP contribution in [0.4, 0.5) is 5.69 Å². The van der Waals surface area contributed by atoms with Crippen molar-refractivity contribution in [1.82, 2.24) is 4.90 Å². The highest BCUT2D eigenvalue weighted by atomic mass is 35.5. The number of hydrogen-bond donors (Lipinski definition) is 0. The van der Waals surface area contributed by atoms with Crippen LogP contribution < -0.4 is 19.1 Å². The molecule has 2 atom stereocenters. The molecule has 0 spiro atoms. The molecule has 0 N–H and O–H groups in total. The SMILES string of the molecule is COc1cc(N(C=O)CCN2C(C)CCC[C@@H]2c2ccc(OC)c(OC)c2)ccc1Cl. The molecule has 6 nitrogen and oxygen atoms in total. The molecule has 2 aromatic rings. The van der Waals surface area contributed by atoms with E-state index in [2.05, 4.69) is 24.0 Å². The van der Waals surface area contributed by atoms with Gasteiger partial charge < -0.3 is 19.1 Å². The zero-order valence-corrected chi connectivity index (χ0v) is 19.4. The van der Waals surface area contributed by atoms with Gasteiger partial charge in [0.05, 0.1) is 26.4 Å². The van der Waals surface area contributed by atoms with Crippen molar-refractivity contribution >= 4 is 23.7 Å². The van der Waals surface area contributed by atoms with Gasteiger partial charge in [-0.25, -0.2) is 0 Å². The summed E-state index contributed by atoms with van der Waals surface area (Å²) in [4.78, 5) is 16.0. The number of nitrogens with zero attached hydrogens (tertiary/aromatic N) is 2. The normalized spacial score (nSPS) is 19.0. The Kier molecular flexibility index (Phi) is 8.04. The number of hydrogen-bond acceptors (Lipinski definition) is 5. The van der Waals surface area contributed by atoms with Crippen molar-refractivity contribution in [2.24, 2.45) is 0 Å². The van der Waals surface area contributed by atoms with Crippen molar-refractivity contribution in [3.63, 3.8) is 0 Å². The summed E-state index contributed by atoms with van der Waals surface area (Å²) in [5.74, 6) is 2.02. The van der Waals surface area contributed by atoms with Crippen LogP contribution in [0.2, 0.25) is 5.02 Å². The minimum Gasteiger partial charge on any atom is -0.495 e. The summed E-state index contributed by atoms with van der Waals surface area (Å²) in [6.45, 7) is 3.58. The fourth-order valence-electron chi connectivity index (χ4n) is 4.33. The predicted molar refractivity (Wildman–Crippen MR) is 124 cm³/mol. The average molecular weight is 447 g/mol. The van der Waals surface area contributed by atoms with Crippen molar-refractivity contribution in [3.8, 4) is 17.2 Å². The first kappa shape index (κ1) is 23.2. The summed E-state index contributed by atoms with van der Waals surface area (Å²) in [6, 6.07) is 12.2. The first-order valence-electron chi connectivity index (χ1n) is 10.6. The first-order chi connectivity index (χ1) is 15.0. The lowest BCUT2D eigenvalue weighted by Gasteiger charge is -2.41. The molecule has 0 aliphatic carbocycles. The van der Waals surface area contributed by atoms with Gasteiger partial charge in [0.15, 0.2) is 11.5 Å². The summed E-state index contributed by atoms with van der Waals surface area (Å²) in [6.07, 6.45) is 4.24. The molecule has 1 fully saturated rings. The number of halogens is 1. The van der Waals surface area contributed by atoms with Crippen LogP contribution in [0, 0.1) is 0 Å². The quantitative estimate of drug-likeness (QED) is 0.510. The maximum Gasteiger partial charge on any atom is 0.214 e. The van der Waals surface area contributed by atoms with Crippen molar-refractivity contribution in [2.75, 3.05) is 39.3 Å². The average Bonchev–Trinajstić information content (AvgIpc) is 2.80. The molecule has 1 unspecified atom stereocenters. The van der Waals surface area contributed by atoms with Crippen LogP contribution in [0.1, 0.15) is 37.8 Å². The van der Waals surface area contributed by atoms with Crippen molar-refractivity contribution in [3.05, 3.63) is 47.0 Å². The van der Waals surface area contributed by atoms with E-state index in [-0.39, 0.29) is 6.04 Å². The first-order valence-corrected chi connectivity index (χ1v) is 10.9. The lowest BCUT2D eigenvalue weighted by molar-refractivity contribution is -0.107. The number of piperidine rings is 1. The number of carbonyl (C=O) groups is 1. The van der Waals surface area contributed by atoms with Crippen LogP contribution >= 0.6 is 11.6 Å². The number of rotatable bonds is 9. The van der Waals surface area contributed by atoms with E-state index in [4.69, 9.17) is 25.8 Å². The largest absolute Gasteiger partial charge is 0.495 e. The van der Waals surface area contributed by atoms with E-state index in [0.29, 0.717) is 23.4 Å². The highest BCUT2D eigenvalue weighted by Gasteiger charge is 2.30. The molecule has 2 aromatic carbocycles. The van der Waals surface area contributed by atoms with Crippen molar-refractivity contribution in [2.45, 2.75) is 38.3 Å². The van der Waals surface area contributed by atoms with Crippen LogP contribution in [0.3, 0.4) is 0 Å². The number of amides is 1. The molecule has 7 heteroatoms. The van der Waals surface area contributed by atoms with Gasteiger partial charge in [0.1, 0.15) is 5.75 Å². The number of carbonyl (C=O) groups excluding carboxylic acids is 1. The maximum absolute atomic E-state index is 11.9. The van der Waals surface area contributed by atoms with Gasteiger partial charge in [-0.3, -0.25) is 9.69 Å². The third-order valence-corrected chi connectivity index (χ3v) is 6.36. The van der Waals surface area contributed by atoms with Gasteiger partial charge in [-0.1, -0.05) is 24.1 Å². The number of benzene rings is 2. The van der Waals surface area contributed by atoms with Gasteiger partial charge in [0.25, 0.3) is 0 Å². The van der Waals surface area contributed by atoms with E-state index in [9.17, 15) is 4.79 Å². The summed E-state index contributed by atoms with van der Waals surface area (Å²) in [5.41, 5.74) is 1.97. The molecule has 31 heavy (non-hydrogen) atoms. The summed E-state index contributed by atoms with van der Waals surface area (Å²) < 4.78 is 16.2.